The Morgan fingerprint density at radius 1 is 1.36 bits per heavy atom. The van der Waals surface area contributed by atoms with E-state index in [9.17, 15) is 5.11 Å². The Balaban J connectivity index is 2.10. The molecule has 0 aromatic heterocycles. The fourth-order valence-electron chi connectivity index (χ4n) is 2.50. The average Bonchev–Trinajstić information content (AvgIpc) is 2.29. The molecular weight excluding hydrogens is 138 g/mol. The van der Waals surface area contributed by atoms with Crippen LogP contribution in [0, 0.1) is 0 Å². The maximum Gasteiger partial charge on any atom is 0.0786 e. The number of hydrogen-bond donors (Lipinski definition) is 1. The minimum Gasteiger partial charge on any atom is -0.388 e. The molecule has 0 aromatic carbocycles. The van der Waals surface area contributed by atoms with Gasteiger partial charge in [0.25, 0.3) is 0 Å². The van der Waals surface area contributed by atoms with Gasteiger partial charge in [0.2, 0.25) is 0 Å². The highest BCUT2D eigenvalue weighted by molar-refractivity contribution is 4.98. The first-order chi connectivity index (χ1) is 5.20. The van der Waals surface area contributed by atoms with Gasteiger partial charge in [-0.3, -0.25) is 4.90 Å². The van der Waals surface area contributed by atoms with Gasteiger partial charge in [-0.05, 0) is 32.7 Å². The molecule has 0 spiro atoms. The fourth-order valence-corrected chi connectivity index (χ4v) is 2.50. The number of piperidine rings is 1. The summed E-state index contributed by atoms with van der Waals surface area (Å²) in [6, 6.07) is 0.469. The van der Waals surface area contributed by atoms with E-state index in [-0.39, 0.29) is 5.60 Å². The molecule has 0 bridgehead atoms. The third-order valence-corrected chi connectivity index (χ3v) is 3.24. The first-order valence-corrected chi connectivity index (χ1v) is 4.66. The van der Waals surface area contributed by atoms with Crippen LogP contribution in [0.5, 0.6) is 0 Å². The van der Waals surface area contributed by atoms with Gasteiger partial charge in [0, 0.05) is 12.6 Å². The van der Waals surface area contributed by atoms with Crippen LogP contribution in [0.2, 0.25) is 0 Å². The third kappa shape index (κ3) is 1.18. The predicted molar refractivity (Wildman–Crippen MR) is 44.5 cm³/mol. The molecule has 2 fully saturated rings. The lowest BCUT2D eigenvalue weighted by molar-refractivity contribution is 0.00660. The molecule has 2 aliphatic heterocycles. The summed E-state index contributed by atoms with van der Waals surface area (Å²) in [7, 11) is 0. The van der Waals surface area contributed by atoms with E-state index in [0.717, 1.165) is 13.0 Å². The summed E-state index contributed by atoms with van der Waals surface area (Å²) in [5.41, 5.74) is -0.388. The number of fused-ring (bicyclic) bond motifs is 1. The molecule has 0 unspecified atom stereocenters. The van der Waals surface area contributed by atoms with Crippen LogP contribution < -0.4 is 0 Å². The van der Waals surface area contributed by atoms with Crippen LogP contribution in [-0.2, 0) is 0 Å². The van der Waals surface area contributed by atoms with Crippen molar-refractivity contribution in [3.8, 4) is 0 Å². The summed E-state index contributed by atoms with van der Waals surface area (Å²) in [5.74, 6) is 0. The van der Waals surface area contributed by atoms with E-state index in [0.29, 0.717) is 6.04 Å². The first kappa shape index (κ1) is 7.56. The Morgan fingerprint density at radius 2 is 2.18 bits per heavy atom. The Hall–Kier alpha value is -0.0800. The lowest BCUT2D eigenvalue weighted by Crippen LogP contribution is -2.45. The molecule has 11 heavy (non-hydrogen) atoms. The highest BCUT2D eigenvalue weighted by Gasteiger charge is 2.42. The first-order valence-electron chi connectivity index (χ1n) is 4.66. The second kappa shape index (κ2) is 2.46. The Kier molecular flexibility index (Phi) is 1.69. The lowest BCUT2D eigenvalue weighted by atomic mass is 9.91. The second-order valence-corrected chi connectivity index (χ2v) is 4.15. The lowest BCUT2D eigenvalue weighted by Gasteiger charge is -2.35. The molecule has 2 atom stereocenters. The maximum absolute atomic E-state index is 9.95. The van der Waals surface area contributed by atoms with E-state index in [1.54, 1.807) is 0 Å². The van der Waals surface area contributed by atoms with Gasteiger partial charge in [-0.1, -0.05) is 6.42 Å². The standard InChI is InChI=1S/C9H17NO/c1-9(11)5-7-10-6-3-2-4-8(9)10/h8,11H,2-7H2,1H3/t8-,9+/m1/s1. The van der Waals surface area contributed by atoms with Gasteiger partial charge in [0.15, 0.2) is 0 Å². The third-order valence-electron chi connectivity index (χ3n) is 3.24. The normalized spacial score (nSPS) is 45.8. The molecule has 2 saturated heterocycles. The smallest absolute Gasteiger partial charge is 0.0786 e. The van der Waals surface area contributed by atoms with E-state index < -0.39 is 0 Å². The zero-order chi connectivity index (χ0) is 7.90. The molecule has 2 rings (SSSR count). The van der Waals surface area contributed by atoms with Crippen LogP contribution >= 0.6 is 0 Å². The van der Waals surface area contributed by atoms with Crippen LogP contribution in [0.15, 0.2) is 0 Å². The highest BCUT2D eigenvalue weighted by atomic mass is 16.3. The Labute approximate surface area is 68.2 Å². The van der Waals surface area contributed by atoms with Gasteiger partial charge in [-0.15, -0.1) is 0 Å². The van der Waals surface area contributed by atoms with Crippen molar-refractivity contribution in [1.29, 1.82) is 0 Å². The minimum atomic E-state index is -0.388. The largest absolute Gasteiger partial charge is 0.388 e. The molecular formula is C9H17NO. The van der Waals surface area contributed by atoms with Crippen molar-refractivity contribution in [1.82, 2.24) is 4.90 Å². The number of hydrogen-bond acceptors (Lipinski definition) is 2. The molecule has 0 aromatic rings. The van der Waals surface area contributed by atoms with Crippen molar-refractivity contribution >= 4 is 0 Å². The monoisotopic (exact) mass is 155 g/mol. The van der Waals surface area contributed by atoms with E-state index in [2.05, 4.69) is 4.90 Å². The summed E-state index contributed by atoms with van der Waals surface area (Å²) < 4.78 is 0. The molecule has 0 radical (unpaired) electrons. The van der Waals surface area contributed by atoms with Crippen molar-refractivity contribution in [3.05, 3.63) is 0 Å². The van der Waals surface area contributed by atoms with Crippen molar-refractivity contribution in [2.24, 2.45) is 0 Å². The highest BCUT2D eigenvalue weighted by Crippen LogP contribution is 2.34. The van der Waals surface area contributed by atoms with Crippen LogP contribution in [-0.4, -0.2) is 34.7 Å². The quantitative estimate of drug-likeness (QED) is 0.564. The maximum atomic E-state index is 9.95. The number of nitrogens with zero attached hydrogens (tertiary/aromatic N) is 1. The Morgan fingerprint density at radius 3 is 2.91 bits per heavy atom. The van der Waals surface area contributed by atoms with E-state index in [1.165, 1.54) is 25.8 Å². The summed E-state index contributed by atoms with van der Waals surface area (Å²) in [5, 5.41) is 9.95. The fraction of sp³-hybridized carbons (Fsp3) is 1.00. The zero-order valence-corrected chi connectivity index (χ0v) is 7.21. The van der Waals surface area contributed by atoms with E-state index in [1.807, 2.05) is 6.92 Å². The Bertz CT molecular complexity index is 156. The van der Waals surface area contributed by atoms with E-state index >= 15 is 0 Å². The van der Waals surface area contributed by atoms with Crippen LogP contribution in [0.3, 0.4) is 0 Å². The second-order valence-electron chi connectivity index (χ2n) is 4.15. The van der Waals surface area contributed by atoms with Gasteiger partial charge >= 0.3 is 0 Å². The van der Waals surface area contributed by atoms with Gasteiger partial charge in [0.1, 0.15) is 0 Å². The van der Waals surface area contributed by atoms with Crippen LogP contribution in [0.4, 0.5) is 0 Å². The van der Waals surface area contributed by atoms with Gasteiger partial charge in [-0.2, -0.15) is 0 Å². The minimum absolute atomic E-state index is 0.388. The molecule has 2 heteroatoms. The van der Waals surface area contributed by atoms with Gasteiger partial charge in [-0.25, -0.2) is 0 Å². The summed E-state index contributed by atoms with van der Waals surface area (Å²) in [4.78, 5) is 2.45. The van der Waals surface area contributed by atoms with Crippen LogP contribution in [0.25, 0.3) is 0 Å². The van der Waals surface area contributed by atoms with E-state index in [4.69, 9.17) is 0 Å². The zero-order valence-electron chi connectivity index (χ0n) is 7.21. The summed E-state index contributed by atoms with van der Waals surface area (Å²) in [6.45, 7) is 4.31. The van der Waals surface area contributed by atoms with Crippen molar-refractivity contribution in [3.63, 3.8) is 0 Å². The molecule has 2 heterocycles. The molecule has 2 aliphatic rings. The van der Waals surface area contributed by atoms with Crippen LogP contribution in [0.1, 0.15) is 32.6 Å². The number of rotatable bonds is 0. The number of aliphatic hydroxyl groups is 1. The molecule has 2 nitrogen and oxygen atoms in total. The molecule has 0 saturated carbocycles. The van der Waals surface area contributed by atoms with Crippen molar-refractivity contribution in [2.75, 3.05) is 13.1 Å². The average molecular weight is 155 g/mol. The SMILES string of the molecule is C[C@]1(O)CCN2CCCC[C@@H]21. The van der Waals surface area contributed by atoms with Crippen molar-refractivity contribution < 1.29 is 5.11 Å². The van der Waals surface area contributed by atoms with Crippen molar-refractivity contribution in [2.45, 2.75) is 44.2 Å². The molecule has 0 aliphatic carbocycles. The summed E-state index contributed by atoms with van der Waals surface area (Å²) >= 11 is 0. The predicted octanol–water partition coefficient (Wildman–Crippen LogP) is 0.996. The molecule has 64 valence electrons. The van der Waals surface area contributed by atoms with Gasteiger partial charge in [0.05, 0.1) is 5.60 Å². The topological polar surface area (TPSA) is 23.5 Å². The summed E-state index contributed by atoms with van der Waals surface area (Å²) in [6.07, 6.45) is 4.80. The van der Waals surface area contributed by atoms with Gasteiger partial charge < -0.3 is 5.11 Å². The molecule has 1 N–H and O–H groups in total. The molecule has 0 amide bonds.